The maximum absolute atomic E-state index is 12.2. The van der Waals surface area contributed by atoms with Gasteiger partial charge in [-0.15, -0.1) is 11.8 Å². The lowest BCUT2D eigenvalue weighted by molar-refractivity contribution is -0.115. The number of hydrogen-bond donors (Lipinski definition) is 2. The van der Waals surface area contributed by atoms with Crippen LogP contribution in [0.2, 0.25) is 0 Å². The molecule has 116 valence electrons. The number of amides is 1. The van der Waals surface area contributed by atoms with E-state index in [-0.39, 0.29) is 16.4 Å². The first-order valence-corrected chi connectivity index (χ1v) is 8.58. The Hall–Kier alpha value is -2.27. The molecule has 0 saturated heterocycles. The predicted molar refractivity (Wildman–Crippen MR) is 94.8 cm³/mol. The topological polar surface area (TPSA) is 57.8 Å². The summed E-state index contributed by atoms with van der Waals surface area (Å²) < 4.78 is 0. The van der Waals surface area contributed by atoms with Crippen LogP contribution in [0.5, 0.6) is 0 Å². The number of benzene rings is 2. The minimum absolute atomic E-state index is 0.00508. The van der Waals surface area contributed by atoms with Crippen molar-refractivity contribution < 1.29 is 4.79 Å². The number of anilines is 1. The summed E-state index contributed by atoms with van der Waals surface area (Å²) in [6, 6.07) is 14.7. The summed E-state index contributed by atoms with van der Waals surface area (Å²) in [6.07, 6.45) is 0. The quantitative estimate of drug-likeness (QED) is 0.711. The Morgan fingerprint density at radius 3 is 2.78 bits per heavy atom. The standard InChI is InChI=1S/C18H17N3OS/c1-10-15-16(23-11(2)18(22)19-17(15)21-20-10)14-9-5-7-12-6-3-4-8-13(12)14/h3-9,11,16H,1-2H3,(H2,19,20,21,22)/t11-,16+/m0/s1. The summed E-state index contributed by atoms with van der Waals surface area (Å²) in [6.45, 7) is 3.95. The van der Waals surface area contributed by atoms with E-state index in [2.05, 4.69) is 58.0 Å². The van der Waals surface area contributed by atoms with Gasteiger partial charge in [-0.2, -0.15) is 5.10 Å². The zero-order valence-electron chi connectivity index (χ0n) is 13.0. The summed E-state index contributed by atoms with van der Waals surface area (Å²) in [7, 11) is 0. The Balaban J connectivity index is 1.96. The molecule has 0 bridgehead atoms. The van der Waals surface area contributed by atoms with Gasteiger partial charge in [-0.05, 0) is 30.2 Å². The second kappa shape index (κ2) is 5.42. The number of carbonyl (C=O) groups excluding carboxylic acids is 1. The van der Waals surface area contributed by atoms with Crippen molar-refractivity contribution in [3.8, 4) is 0 Å². The van der Waals surface area contributed by atoms with Crippen molar-refractivity contribution in [1.82, 2.24) is 10.2 Å². The second-order valence-electron chi connectivity index (χ2n) is 5.83. The highest BCUT2D eigenvalue weighted by atomic mass is 32.2. The molecule has 1 aromatic heterocycles. The van der Waals surface area contributed by atoms with Crippen LogP contribution >= 0.6 is 11.8 Å². The molecule has 0 radical (unpaired) electrons. The largest absolute Gasteiger partial charge is 0.308 e. The molecule has 3 aromatic rings. The van der Waals surface area contributed by atoms with Gasteiger partial charge in [-0.3, -0.25) is 9.89 Å². The van der Waals surface area contributed by atoms with Crippen LogP contribution < -0.4 is 5.32 Å². The number of fused-ring (bicyclic) bond motifs is 2. The van der Waals surface area contributed by atoms with Crippen molar-refractivity contribution in [2.75, 3.05) is 5.32 Å². The maximum atomic E-state index is 12.2. The average molecular weight is 323 g/mol. The number of aryl methyl sites for hydroxylation is 1. The van der Waals surface area contributed by atoms with Gasteiger partial charge in [0.15, 0.2) is 5.82 Å². The van der Waals surface area contributed by atoms with Crippen molar-refractivity contribution in [3.05, 3.63) is 59.3 Å². The normalized spacial score (nSPS) is 20.9. The number of rotatable bonds is 1. The maximum Gasteiger partial charge on any atom is 0.238 e. The number of thioether (sulfide) groups is 1. The van der Waals surface area contributed by atoms with Gasteiger partial charge in [0, 0.05) is 11.3 Å². The molecule has 2 atom stereocenters. The molecule has 4 rings (SSSR count). The Kier molecular flexibility index (Phi) is 3.38. The number of H-pyrrole nitrogens is 1. The first-order chi connectivity index (χ1) is 11.1. The molecule has 1 amide bonds. The fraction of sp³-hybridized carbons (Fsp3) is 0.222. The van der Waals surface area contributed by atoms with E-state index >= 15 is 0 Å². The molecule has 23 heavy (non-hydrogen) atoms. The van der Waals surface area contributed by atoms with E-state index in [9.17, 15) is 4.79 Å². The summed E-state index contributed by atoms with van der Waals surface area (Å²) in [5, 5.41) is 12.6. The molecule has 2 heterocycles. The third-order valence-corrected chi connectivity index (χ3v) is 5.70. The molecule has 1 aliphatic heterocycles. The van der Waals surface area contributed by atoms with Crippen LogP contribution in [0.25, 0.3) is 10.8 Å². The smallest absolute Gasteiger partial charge is 0.238 e. The van der Waals surface area contributed by atoms with Crippen molar-refractivity contribution >= 4 is 34.3 Å². The Bertz CT molecular complexity index is 897. The molecule has 0 fully saturated rings. The molecule has 0 unspecified atom stereocenters. The molecular weight excluding hydrogens is 306 g/mol. The summed E-state index contributed by atoms with van der Waals surface area (Å²) in [5.74, 6) is 0.660. The van der Waals surface area contributed by atoms with Gasteiger partial charge >= 0.3 is 0 Å². The molecule has 0 saturated carbocycles. The van der Waals surface area contributed by atoms with Crippen molar-refractivity contribution in [2.24, 2.45) is 0 Å². The zero-order chi connectivity index (χ0) is 16.0. The van der Waals surface area contributed by atoms with E-state index in [1.807, 2.05) is 13.8 Å². The van der Waals surface area contributed by atoms with E-state index in [0.29, 0.717) is 5.82 Å². The first kappa shape index (κ1) is 14.3. The van der Waals surface area contributed by atoms with Gasteiger partial charge in [0.1, 0.15) is 0 Å². The highest BCUT2D eigenvalue weighted by molar-refractivity contribution is 8.01. The average Bonchev–Trinajstić information content (AvgIpc) is 2.86. The Labute approximate surface area is 138 Å². The number of nitrogens with one attached hydrogen (secondary N) is 2. The van der Waals surface area contributed by atoms with Crippen molar-refractivity contribution in [1.29, 1.82) is 0 Å². The molecule has 1 aliphatic rings. The summed E-state index contributed by atoms with van der Waals surface area (Å²) in [4.78, 5) is 12.2. The van der Waals surface area contributed by atoms with Gasteiger partial charge in [-0.1, -0.05) is 42.5 Å². The van der Waals surface area contributed by atoms with Crippen LogP contribution in [0.4, 0.5) is 5.82 Å². The third kappa shape index (κ3) is 2.32. The van der Waals surface area contributed by atoms with Crippen molar-refractivity contribution in [2.45, 2.75) is 24.3 Å². The van der Waals surface area contributed by atoms with Crippen LogP contribution in [-0.4, -0.2) is 21.4 Å². The van der Waals surface area contributed by atoms with Crippen LogP contribution in [0.15, 0.2) is 42.5 Å². The predicted octanol–water partition coefficient (Wildman–Crippen LogP) is 4.03. The van der Waals surface area contributed by atoms with E-state index < -0.39 is 0 Å². The molecule has 2 aromatic carbocycles. The third-order valence-electron chi connectivity index (χ3n) is 4.31. The van der Waals surface area contributed by atoms with Crippen LogP contribution in [0.3, 0.4) is 0 Å². The number of aromatic amines is 1. The van der Waals surface area contributed by atoms with E-state index in [1.165, 1.54) is 16.3 Å². The lowest BCUT2D eigenvalue weighted by Gasteiger charge is -2.19. The molecule has 5 heteroatoms. The first-order valence-electron chi connectivity index (χ1n) is 7.64. The molecular formula is C18H17N3OS. The second-order valence-corrected chi connectivity index (χ2v) is 7.28. The SMILES string of the molecule is Cc1[nH]nc2c1[C@@H](c1cccc3ccccc13)S[C@@H](C)C(=O)N2. The van der Waals surface area contributed by atoms with Crippen LogP contribution in [0.1, 0.15) is 29.0 Å². The summed E-state index contributed by atoms with van der Waals surface area (Å²) in [5.41, 5.74) is 3.30. The van der Waals surface area contributed by atoms with Gasteiger partial charge in [-0.25, -0.2) is 0 Å². The fourth-order valence-corrected chi connectivity index (χ4v) is 4.48. The lowest BCUT2D eigenvalue weighted by Crippen LogP contribution is -2.21. The Morgan fingerprint density at radius 2 is 1.91 bits per heavy atom. The number of hydrogen-bond acceptors (Lipinski definition) is 3. The number of aromatic nitrogens is 2. The zero-order valence-corrected chi connectivity index (χ0v) is 13.8. The van der Waals surface area contributed by atoms with Crippen LogP contribution in [-0.2, 0) is 4.79 Å². The van der Waals surface area contributed by atoms with Gasteiger partial charge < -0.3 is 5.32 Å². The van der Waals surface area contributed by atoms with E-state index in [0.717, 1.165) is 11.3 Å². The van der Waals surface area contributed by atoms with E-state index in [4.69, 9.17) is 0 Å². The molecule has 0 spiro atoms. The minimum Gasteiger partial charge on any atom is -0.308 e. The molecule has 0 aliphatic carbocycles. The van der Waals surface area contributed by atoms with Gasteiger partial charge in [0.25, 0.3) is 0 Å². The highest BCUT2D eigenvalue weighted by Gasteiger charge is 2.32. The molecule has 4 nitrogen and oxygen atoms in total. The van der Waals surface area contributed by atoms with Gasteiger partial charge in [0.2, 0.25) is 5.91 Å². The van der Waals surface area contributed by atoms with Crippen LogP contribution in [0, 0.1) is 6.92 Å². The Morgan fingerprint density at radius 1 is 1.13 bits per heavy atom. The van der Waals surface area contributed by atoms with E-state index in [1.54, 1.807) is 11.8 Å². The lowest BCUT2D eigenvalue weighted by atomic mass is 9.98. The summed E-state index contributed by atoms with van der Waals surface area (Å²) >= 11 is 1.67. The number of nitrogens with zero attached hydrogens (tertiary/aromatic N) is 1. The fourth-order valence-electron chi connectivity index (χ4n) is 3.11. The minimum atomic E-state index is -0.132. The van der Waals surface area contributed by atoms with Gasteiger partial charge in [0.05, 0.1) is 10.5 Å². The molecule has 2 N–H and O–H groups in total. The highest BCUT2D eigenvalue weighted by Crippen LogP contribution is 2.46. The monoisotopic (exact) mass is 323 g/mol. The van der Waals surface area contributed by atoms with Crippen molar-refractivity contribution in [3.63, 3.8) is 0 Å². The number of carbonyl (C=O) groups is 1.